The highest BCUT2D eigenvalue weighted by Gasteiger charge is 1.96. The molecule has 0 radical (unpaired) electrons. The molecule has 0 bridgehead atoms. The maximum absolute atomic E-state index is 8.24. The van der Waals surface area contributed by atoms with Crippen molar-refractivity contribution >= 4 is 5.84 Å². The van der Waals surface area contributed by atoms with Crippen LogP contribution in [0, 0.1) is 0 Å². The predicted molar refractivity (Wildman–Crippen MR) is 50.4 cm³/mol. The molecule has 0 saturated carbocycles. The lowest BCUT2D eigenvalue weighted by atomic mass is 10.2. The third kappa shape index (κ3) is 5.97. The van der Waals surface area contributed by atoms with Gasteiger partial charge in [-0.3, -0.25) is 0 Å². The minimum Gasteiger partial charge on any atom is -0.409 e. The van der Waals surface area contributed by atoms with Crippen LogP contribution in [0.25, 0.3) is 0 Å². The van der Waals surface area contributed by atoms with Gasteiger partial charge in [0.15, 0.2) is 0 Å². The van der Waals surface area contributed by atoms with Crippen LogP contribution in [0.1, 0.15) is 26.2 Å². The average Bonchev–Trinajstić information content (AvgIpc) is 2.11. The summed E-state index contributed by atoms with van der Waals surface area (Å²) in [6.07, 6.45) is 2.77. The van der Waals surface area contributed by atoms with Crippen molar-refractivity contribution in [2.24, 2.45) is 10.9 Å². The molecule has 0 fully saturated rings. The van der Waals surface area contributed by atoms with E-state index in [0.717, 1.165) is 25.9 Å². The lowest BCUT2D eigenvalue weighted by Crippen LogP contribution is -2.19. The molecule has 0 amide bonds. The van der Waals surface area contributed by atoms with Gasteiger partial charge >= 0.3 is 0 Å². The van der Waals surface area contributed by atoms with E-state index in [4.69, 9.17) is 10.9 Å². The molecular formula is C8H19N3O. The first-order chi connectivity index (χ1) is 5.70. The van der Waals surface area contributed by atoms with Gasteiger partial charge < -0.3 is 15.8 Å². The number of nitrogens with zero attached hydrogens (tertiary/aromatic N) is 2. The highest BCUT2D eigenvalue weighted by Crippen LogP contribution is 1.96. The minimum absolute atomic E-state index is 0.328. The fourth-order valence-electron chi connectivity index (χ4n) is 0.896. The van der Waals surface area contributed by atoms with Gasteiger partial charge in [-0.1, -0.05) is 12.1 Å². The van der Waals surface area contributed by atoms with E-state index in [0.29, 0.717) is 12.3 Å². The van der Waals surface area contributed by atoms with Crippen LogP contribution in [0.15, 0.2) is 5.16 Å². The van der Waals surface area contributed by atoms with Gasteiger partial charge in [0.25, 0.3) is 0 Å². The Hall–Kier alpha value is -0.770. The summed E-state index contributed by atoms with van der Waals surface area (Å²) in [6, 6.07) is 0. The zero-order valence-electron chi connectivity index (χ0n) is 7.95. The number of hydrogen-bond acceptors (Lipinski definition) is 3. The fraction of sp³-hybridized carbons (Fsp3) is 0.875. The van der Waals surface area contributed by atoms with Crippen LogP contribution >= 0.6 is 0 Å². The van der Waals surface area contributed by atoms with Gasteiger partial charge in [-0.25, -0.2) is 0 Å². The van der Waals surface area contributed by atoms with Crippen molar-refractivity contribution in [2.45, 2.75) is 26.2 Å². The summed E-state index contributed by atoms with van der Waals surface area (Å²) >= 11 is 0. The van der Waals surface area contributed by atoms with Crippen molar-refractivity contribution in [1.82, 2.24) is 4.90 Å². The molecule has 4 nitrogen and oxygen atoms in total. The quantitative estimate of drug-likeness (QED) is 0.206. The van der Waals surface area contributed by atoms with E-state index in [1.807, 2.05) is 0 Å². The van der Waals surface area contributed by atoms with Gasteiger partial charge in [0.2, 0.25) is 0 Å². The molecule has 0 aliphatic carbocycles. The number of rotatable bonds is 6. The van der Waals surface area contributed by atoms with Gasteiger partial charge in [-0.2, -0.15) is 0 Å². The van der Waals surface area contributed by atoms with Crippen LogP contribution in [0.4, 0.5) is 0 Å². The molecule has 0 atom stereocenters. The van der Waals surface area contributed by atoms with Crippen LogP contribution in [-0.2, 0) is 0 Å². The van der Waals surface area contributed by atoms with Gasteiger partial charge in [0, 0.05) is 6.42 Å². The van der Waals surface area contributed by atoms with Gasteiger partial charge in [-0.15, -0.1) is 0 Å². The molecule has 0 aromatic rings. The minimum atomic E-state index is 0.328. The second-order valence-corrected chi connectivity index (χ2v) is 2.94. The molecule has 72 valence electrons. The summed E-state index contributed by atoms with van der Waals surface area (Å²) in [5.74, 6) is 0.328. The topological polar surface area (TPSA) is 61.8 Å². The van der Waals surface area contributed by atoms with E-state index in [2.05, 4.69) is 24.0 Å². The first-order valence-corrected chi connectivity index (χ1v) is 4.35. The molecule has 0 aliphatic rings. The Morgan fingerprint density at radius 2 is 2.17 bits per heavy atom. The summed E-state index contributed by atoms with van der Waals surface area (Å²) in [5.41, 5.74) is 5.31. The molecule has 0 unspecified atom stereocenters. The summed E-state index contributed by atoms with van der Waals surface area (Å²) in [5, 5.41) is 11.1. The molecule has 12 heavy (non-hydrogen) atoms. The summed E-state index contributed by atoms with van der Waals surface area (Å²) < 4.78 is 0. The average molecular weight is 173 g/mol. The fourth-order valence-corrected chi connectivity index (χ4v) is 0.896. The molecule has 0 rings (SSSR count). The van der Waals surface area contributed by atoms with Crippen LogP contribution in [0.3, 0.4) is 0 Å². The standard InChI is InChI=1S/C8H19N3O/c1-3-11(2)7-5-4-6-8(9)10-12/h12H,3-7H2,1-2H3,(H2,9,10). The molecule has 3 N–H and O–H groups in total. The summed E-state index contributed by atoms with van der Waals surface area (Å²) in [6.45, 7) is 4.28. The Labute approximate surface area is 74.0 Å². The number of nitrogens with two attached hydrogens (primary N) is 1. The molecule has 0 spiro atoms. The normalized spacial score (nSPS) is 12.4. The molecule has 0 aromatic heterocycles. The summed E-state index contributed by atoms with van der Waals surface area (Å²) in [7, 11) is 2.09. The third-order valence-corrected chi connectivity index (χ3v) is 1.89. The number of unbranched alkanes of at least 4 members (excludes halogenated alkanes) is 1. The molecule has 0 aromatic carbocycles. The Morgan fingerprint density at radius 1 is 1.50 bits per heavy atom. The van der Waals surface area contributed by atoms with Gasteiger partial charge in [0.1, 0.15) is 5.84 Å². The zero-order chi connectivity index (χ0) is 9.40. The Bertz CT molecular complexity index is 136. The van der Waals surface area contributed by atoms with Gasteiger partial charge in [-0.05, 0) is 33.0 Å². The largest absolute Gasteiger partial charge is 0.409 e. The van der Waals surface area contributed by atoms with E-state index in [1.54, 1.807) is 0 Å². The van der Waals surface area contributed by atoms with E-state index >= 15 is 0 Å². The van der Waals surface area contributed by atoms with Gasteiger partial charge in [0.05, 0.1) is 0 Å². The summed E-state index contributed by atoms with van der Waals surface area (Å²) in [4.78, 5) is 2.24. The smallest absolute Gasteiger partial charge is 0.139 e. The highest BCUT2D eigenvalue weighted by molar-refractivity contribution is 5.79. The lowest BCUT2D eigenvalue weighted by Gasteiger charge is -2.12. The van der Waals surface area contributed by atoms with Crippen molar-refractivity contribution in [1.29, 1.82) is 0 Å². The van der Waals surface area contributed by atoms with Crippen LogP contribution in [-0.4, -0.2) is 36.1 Å². The third-order valence-electron chi connectivity index (χ3n) is 1.89. The maximum atomic E-state index is 8.24. The first kappa shape index (κ1) is 11.2. The van der Waals surface area contributed by atoms with Crippen molar-refractivity contribution in [3.8, 4) is 0 Å². The van der Waals surface area contributed by atoms with Crippen molar-refractivity contribution in [3.63, 3.8) is 0 Å². The van der Waals surface area contributed by atoms with E-state index in [1.165, 1.54) is 0 Å². The highest BCUT2D eigenvalue weighted by atomic mass is 16.4. The Balaban J connectivity index is 3.21. The molecule has 4 heteroatoms. The second kappa shape index (κ2) is 6.91. The maximum Gasteiger partial charge on any atom is 0.139 e. The zero-order valence-corrected chi connectivity index (χ0v) is 7.95. The van der Waals surface area contributed by atoms with Crippen molar-refractivity contribution in [2.75, 3.05) is 20.1 Å². The van der Waals surface area contributed by atoms with Crippen molar-refractivity contribution < 1.29 is 5.21 Å². The lowest BCUT2D eigenvalue weighted by molar-refractivity contribution is 0.315. The monoisotopic (exact) mass is 173 g/mol. The second-order valence-electron chi connectivity index (χ2n) is 2.94. The molecular weight excluding hydrogens is 154 g/mol. The molecule has 0 heterocycles. The predicted octanol–water partition coefficient (Wildman–Crippen LogP) is 0.855. The van der Waals surface area contributed by atoms with E-state index in [9.17, 15) is 0 Å². The van der Waals surface area contributed by atoms with Crippen LogP contribution in [0.2, 0.25) is 0 Å². The Kier molecular flexibility index (Phi) is 6.47. The SMILES string of the molecule is CCN(C)CCCC/C(N)=N/O. The number of amidine groups is 1. The van der Waals surface area contributed by atoms with Crippen LogP contribution in [0.5, 0.6) is 0 Å². The molecule has 0 saturated heterocycles. The number of hydrogen-bond donors (Lipinski definition) is 2. The van der Waals surface area contributed by atoms with Crippen molar-refractivity contribution in [3.05, 3.63) is 0 Å². The van der Waals surface area contributed by atoms with Crippen LogP contribution < -0.4 is 5.73 Å². The first-order valence-electron chi connectivity index (χ1n) is 4.35. The number of oxime groups is 1. The molecule has 0 aliphatic heterocycles. The Morgan fingerprint density at radius 3 is 2.67 bits per heavy atom. The van der Waals surface area contributed by atoms with E-state index in [-0.39, 0.29) is 0 Å². The van der Waals surface area contributed by atoms with E-state index < -0.39 is 0 Å².